The molecule has 6 nitrogen and oxygen atoms in total. The van der Waals surface area contributed by atoms with E-state index in [1.807, 2.05) is 23.9 Å². The zero-order chi connectivity index (χ0) is 17.7. The quantitative estimate of drug-likeness (QED) is 0.829. The van der Waals surface area contributed by atoms with Gasteiger partial charge in [0.1, 0.15) is 0 Å². The highest BCUT2D eigenvalue weighted by Gasteiger charge is 2.32. The van der Waals surface area contributed by atoms with Gasteiger partial charge in [0.2, 0.25) is 5.91 Å². The topological polar surface area (TPSA) is 55.9 Å². The van der Waals surface area contributed by atoms with Gasteiger partial charge in [-0.2, -0.15) is 0 Å². The van der Waals surface area contributed by atoms with Crippen LogP contribution in [0, 0.1) is 11.3 Å². The van der Waals surface area contributed by atoms with Crippen LogP contribution < -0.4 is 5.32 Å². The molecule has 0 aromatic carbocycles. The van der Waals surface area contributed by atoms with Crippen molar-refractivity contribution >= 4 is 11.9 Å². The van der Waals surface area contributed by atoms with Gasteiger partial charge in [-0.05, 0) is 45.2 Å². The van der Waals surface area contributed by atoms with Crippen molar-refractivity contribution in [2.24, 2.45) is 11.3 Å². The van der Waals surface area contributed by atoms with Crippen LogP contribution in [0.5, 0.6) is 0 Å². The van der Waals surface area contributed by atoms with Crippen molar-refractivity contribution in [1.82, 2.24) is 20.0 Å². The Labute approximate surface area is 146 Å². The van der Waals surface area contributed by atoms with Crippen LogP contribution in [0.15, 0.2) is 0 Å². The predicted octanol–water partition coefficient (Wildman–Crippen LogP) is 1.62. The molecule has 138 valence electrons. The number of rotatable bonds is 5. The van der Waals surface area contributed by atoms with E-state index in [1.54, 1.807) is 0 Å². The minimum absolute atomic E-state index is 0.0406. The van der Waals surface area contributed by atoms with Crippen LogP contribution >= 0.6 is 0 Å². The Morgan fingerprint density at radius 3 is 2.33 bits per heavy atom. The van der Waals surface area contributed by atoms with E-state index in [0.29, 0.717) is 13.1 Å². The van der Waals surface area contributed by atoms with Gasteiger partial charge < -0.3 is 20.0 Å². The molecule has 2 aliphatic rings. The molecular weight excluding hydrogens is 304 g/mol. The summed E-state index contributed by atoms with van der Waals surface area (Å²) in [6.07, 6.45) is 4.00. The van der Waals surface area contributed by atoms with E-state index in [-0.39, 0.29) is 23.3 Å². The molecule has 0 aromatic rings. The second-order valence-electron chi connectivity index (χ2n) is 8.38. The minimum Gasteiger partial charge on any atom is -0.355 e. The number of carbonyl (C=O) groups is 2. The molecule has 0 saturated carbocycles. The third kappa shape index (κ3) is 5.36. The van der Waals surface area contributed by atoms with Crippen LogP contribution in [0.25, 0.3) is 0 Å². The first-order valence-corrected chi connectivity index (χ1v) is 9.25. The first kappa shape index (κ1) is 19.0. The number of piperidine rings is 1. The number of nitrogens with one attached hydrogen (secondary N) is 1. The molecular formula is C18H34N4O2. The van der Waals surface area contributed by atoms with Crippen LogP contribution in [0.2, 0.25) is 0 Å². The lowest BCUT2D eigenvalue weighted by Crippen LogP contribution is -2.50. The normalized spacial score (nSPS) is 22.1. The molecule has 6 heteroatoms. The van der Waals surface area contributed by atoms with E-state index < -0.39 is 0 Å². The molecule has 1 N–H and O–H groups in total. The first-order chi connectivity index (χ1) is 11.3. The third-order valence-electron chi connectivity index (χ3n) is 4.92. The van der Waals surface area contributed by atoms with Gasteiger partial charge in [-0.25, -0.2) is 4.79 Å². The van der Waals surface area contributed by atoms with Crippen LogP contribution in [-0.2, 0) is 4.79 Å². The van der Waals surface area contributed by atoms with Gasteiger partial charge in [0.15, 0.2) is 0 Å². The zero-order valence-electron chi connectivity index (χ0n) is 15.8. The van der Waals surface area contributed by atoms with E-state index in [4.69, 9.17) is 0 Å². The van der Waals surface area contributed by atoms with Crippen LogP contribution in [0.1, 0.15) is 39.5 Å². The van der Waals surface area contributed by atoms with Crippen molar-refractivity contribution in [3.05, 3.63) is 0 Å². The lowest BCUT2D eigenvalue weighted by atomic mass is 9.92. The second-order valence-corrected chi connectivity index (χ2v) is 8.38. The van der Waals surface area contributed by atoms with Gasteiger partial charge in [-0.3, -0.25) is 4.79 Å². The van der Waals surface area contributed by atoms with E-state index in [2.05, 4.69) is 24.1 Å². The number of nitrogens with zero attached hydrogens (tertiary/aromatic N) is 3. The van der Waals surface area contributed by atoms with Gasteiger partial charge in [-0.1, -0.05) is 13.8 Å². The maximum absolute atomic E-state index is 12.5. The molecule has 0 spiro atoms. The summed E-state index contributed by atoms with van der Waals surface area (Å²) in [7, 11) is 4.10. The lowest BCUT2D eigenvalue weighted by molar-refractivity contribution is -0.126. The maximum Gasteiger partial charge on any atom is 0.320 e. The molecule has 1 unspecified atom stereocenters. The van der Waals surface area contributed by atoms with Gasteiger partial charge in [0.05, 0.1) is 5.92 Å². The summed E-state index contributed by atoms with van der Waals surface area (Å²) in [5.74, 6) is 0.0289. The fourth-order valence-corrected chi connectivity index (χ4v) is 3.86. The van der Waals surface area contributed by atoms with Crippen molar-refractivity contribution in [3.8, 4) is 0 Å². The molecule has 2 heterocycles. The van der Waals surface area contributed by atoms with Gasteiger partial charge in [0, 0.05) is 39.3 Å². The molecule has 0 aliphatic carbocycles. The SMILES string of the molecule is CN(C)CC(C)(C)CNC(=O)C1CCCN(C(=O)N2CCCC2)C1. The van der Waals surface area contributed by atoms with Crippen LogP contribution in [-0.4, -0.2) is 80.0 Å². The van der Waals surface area contributed by atoms with Crippen molar-refractivity contribution in [3.63, 3.8) is 0 Å². The summed E-state index contributed by atoms with van der Waals surface area (Å²) < 4.78 is 0. The highest BCUT2D eigenvalue weighted by molar-refractivity contribution is 5.81. The molecule has 24 heavy (non-hydrogen) atoms. The van der Waals surface area contributed by atoms with Gasteiger partial charge in [0.25, 0.3) is 0 Å². The zero-order valence-corrected chi connectivity index (χ0v) is 15.8. The average molecular weight is 338 g/mol. The van der Waals surface area contributed by atoms with Crippen molar-refractivity contribution in [2.75, 3.05) is 53.4 Å². The Morgan fingerprint density at radius 2 is 1.71 bits per heavy atom. The molecule has 2 saturated heterocycles. The first-order valence-electron chi connectivity index (χ1n) is 9.25. The molecule has 0 radical (unpaired) electrons. The number of urea groups is 1. The lowest BCUT2D eigenvalue weighted by Gasteiger charge is -2.35. The Kier molecular flexibility index (Phi) is 6.49. The van der Waals surface area contributed by atoms with E-state index in [0.717, 1.165) is 51.9 Å². The van der Waals surface area contributed by atoms with E-state index >= 15 is 0 Å². The molecule has 2 fully saturated rings. The van der Waals surface area contributed by atoms with Crippen molar-refractivity contribution in [2.45, 2.75) is 39.5 Å². The van der Waals surface area contributed by atoms with E-state index in [9.17, 15) is 9.59 Å². The molecule has 0 aromatic heterocycles. The molecule has 2 aliphatic heterocycles. The summed E-state index contributed by atoms with van der Waals surface area (Å²) in [5, 5.41) is 3.11. The Bertz CT molecular complexity index is 444. The number of amides is 3. The summed E-state index contributed by atoms with van der Waals surface area (Å²) in [5.41, 5.74) is 0.0406. The summed E-state index contributed by atoms with van der Waals surface area (Å²) in [4.78, 5) is 31.0. The molecule has 2 rings (SSSR count). The van der Waals surface area contributed by atoms with Gasteiger partial charge >= 0.3 is 6.03 Å². The fourth-order valence-electron chi connectivity index (χ4n) is 3.86. The summed E-state index contributed by atoms with van der Waals surface area (Å²) >= 11 is 0. The number of likely N-dealkylation sites (tertiary alicyclic amines) is 2. The van der Waals surface area contributed by atoms with E-state index in [1.165, 1.54) is 0 Å². The highest BCUT2D eigenvalue weighted by atomic mass is 16.2. The largest absolute Gasteiger partial charge is 0.355 e. The molecule has 0 bridgehead atoms. The second kappa shape index (κ2) is 8.19. The standard InChI is InChI=1S/C18H34N4O2/c1-18(2,14-20(3)4)13-19-16(23)15-8-7-11-22(12-15)17(24)21-9-5-6-10-21/h15H,5-14H2,1-4H3,(H,19,23). The monoisotopic (exact) mass is 338 g/mol. The fraction of sp³-hybridized carbons (Fsp3) is 0.889. The Hall–Kier alpha value is -1.30. The number of hydrogen-bond acceptors (Lipinski definition) is 3. The summed E-state index contributed by atoms with van der Waals surface area (Å²) in [6, 6.07) is 0.123. The van der Waals surface area contributed by atoms with Crippen molar-refractivity contribution < 1.29 is 9.59 Å². The van der Waals surface area contributed by atoms with Crippen LogP contribution in [0.4, 0.5) is 4.79 Å². The highest BCUT2D eigenvalue weighted by Crippen LogP contribution is 2.21. The minimum atomic E-state index is -0.0690. The smallest absolute Gasteiger partial charge is 0.320 e. The molecule has 3 amide bonds. The summed E-state index contributed by atoms with van der Waals surface area (Å²) in [6.45, 7) is 9.00. The third-order valence-corrected chi connectivity index (χ3v) is 4.92. The number of hydrogen-bond donors (Lipinski definition) is 1. The van der Waals surface area contributed by atoms with Crippen LogP contribution in [0.3, 0.4) is 0 Å². The number of carbonyl (C=O) groups excluding carboxylic acids is 2. The average Bonchev–Trinajstić information content (AvgIpc) is 3.05. The Balaban J connectivity index is 1.82. The maximum atomic E-state index is 12.5. The molecule has 1 atom stereocenters. The van der Waals surface area contributed by atoms with Crippen molar-refractivity contribution in [1.29, 1.82) is 0 Å². The Morgan fingerprint density at radius 1 is 1.08 bits per heavy atom. The van der Waals surface area contributed by atoms with Gasteiger partial charge in [-0.15, -0.1) is 0 Å². The predicted molar refractivity (Wildman–Crippen MR) is 95.8 cm³/mol.